The molecule has 1 saturated heterocycles. The minimum atomic E-state index is 0.0368. The molecule has 1 atom stereocenters. The van der Waals surface area contributed by atoms with Crippen molar-refractivity contribution >= 4 is 32.6 Å². The molecule has 2 aromatic rings. The van der Waals surface area contributed by atoms with Crippen LogP contribution in [0.5, 0.6) is 5.75 Å². The number of nitrogens with zero attached hydrogens (tertiary/aromatic N) is 2. The van der Waals surface area contributed by atoms with E-state index < -0.39 is 0 Å². The molecule has 1 aromatic carbocycles. The topological polar surface area (TPSA) is 54.5 Å². The molecule has 5 nitrogen and oxygen atoms in total. The van der Waals surface area contributed by atoms with Gasteiger partial charge in [0, 0.05) is 26.1 Å². The van der Waals surface area contributed by atoms with Crippen LogP contribution in [0.1, 0.15) is 26.7 Å². The minimum Gasteiger partial charge on any atom is -0.492 e. The van der Waals surface area contributed by atoms with Crippen LogP contribution in [0.4, 0.5) is 5.13 Å². The molecule has 1 amide bonds. The summed E-state index contributed by atoms with van der Waals surface area (Å²) in [4.78, 5) is 18.3. The fraction of sp³-hybridized carbons (Fsp3) is 0.500. The SMILES string of the molecule is CCOc1cccc2sc(N3CCCC(NC(C)=O)C3)nc12. The number of benzene rings is 1. The van der Waals surface area contributed by atoms with Crippen molar-refractivity contribution in [2.45, 2.75) is 32.7 Å². The Bertz CT molecular complexity index is 670. The van der Waals surface area contributed by atoms with E-state index in [2.05, 4.69) is 16.3 Å². The highest BCUT2D eigenvalue weighted by Gasteiger charge is 2.23. The first-order valence-corrected chi connectivity index (χ1v) is 8.53. The smallest absolute Gasteiger partial charge is 0.217 e. The number of fused-ring (bicyclic) bond motifs is 1. The van der Waals surface area contributed by atoms with Gasteiger partial charge >= 0.3 is 0 Å². The Kier molecular flexibility index (Phi) is 4.47. The number of anilines is 1. The number of hydrogen-bond donors (Lipinski definition) is 1. The van der Waals surface area contributed by atoms with E-state index in [1.165, 1.54) is 0 Å². The van der Waals surface area contributed by atoms with Gasteiger partial charge in [0.05, 0.1) is 11.3 Å². The molecule has 118 valence electrons. The van der Waals surface area contributed by atoms with Gasteiger partial charge in [-0.25, -0.2) is 4.98 Å². The minimum absolute atomic E-state index is 0.0368. The fourth-order valence-corrected chi connectivity index (χ4v) is 3.89. The molecule has 22 heavy (non-hydrogen) atoms. The third-order valence-electron chi connectivity index (χ3n) is 3.77. The average Bonchev–Trinajstić information content (AvgIpc) is 2.92. The first-order valence-electron chi connectivity index (χ1n) is 7.71. The van der Waals surface area contributed by atoms with Gasteiger partial charge in [-0.05, 0) is 31.9 Å². The second-order valence-corrected chi connectivity index (χ2v) is 6.53. The second-order valence-electron chi connectivity index (χ2n) is 5.52. The number of aromatic nitrogens is 1. The first-order chi connectivity index (χ1) is 10.7. The lowest BCUT2D eigenvalue weighted by molar-refractivity contribution is -0.119. The lowest BCUT2D eigenvalue weighted by Gasteiger charge is -2.32. The highest BCUT2D eigenvalue weighted by molar-refractivity contribution is 7.22. The van der Waals surface area contributed by atoms with Crippen molar-refractivity contribution in [3.05, 3.63) is 18.2 Å². The average molecular weight is 319 g/mol. The Morgan fingerprint density at radius 2 is 2.41 bits per heavy atom. The van der Waals surface area contributed by atoms with Crippen LogP contribution in [-0.2, 0) is 4.79 Å². The van der Waals surface area contributed by atoms with E-state index >= 15 is 0 Å². The number of thiazole rings is 1. The fourth-order valence-electron chi connectivity index (χ4n) is 2.87. The monoisotopic (exact) mass is 319 g/mol. The number of amides is 1. The van der Waals surface area contributed by atoms with Crippen LogP contribution >= 0.6 is 11.3 Å². The van der Waals surface area contributed by atoms with Crippen molar-refractivity contribution in [2.24, 2.45) is 0 Å². The molecule has 0 saturated carbocycles. The van der Waals surface area contributed by atoms with E-state index in [-0.39, 0.29) is 11.9 Å². The number of piperidine rings is 1. The number of ether oxygens (including phenoxy) is 1. The first kappa shape index (κ1) is 15.1. The third kappa shape index (κ3) is 3.16. The predicted molar refractivity (Wildman–Crippen MR) is 89.8 cm³/mol. The molecule has 6 heteroatoms. The van der Waals surface area contributed by atoms with Crippen LogP contribution < -0.4 is 15.0 Å². The zero-order valence-corrected chi connectivity index (χ0v) is 13.8. The van der Waals surface area contributed by atoms with Crippen molar-refractivity contribution in [1.29, 1.82) is 0 Å². The van der Waals surface area contributed by atoms with Gasteiger partial charge in [-0.15, -0.1) is 0 Å². The third-order valence-corrected chi connectivity index (χ3v) is 4.85. The molecule has 0 radical (unpaired) electrons. The van der Waals surface area contributed by atoms with Crippen molar-refractivity contribution < 1.29 is 9.53 Å². The Hall–Kier alpha value is -1.82. The van der Waals surface area contributed by atoms with Crippen molar-refractivity contribution in [3.63, 3.8) is 0 Å². The van der Waals surface area contributed by atoms with Crippen LogP contribution in [-0.4, -0.2) is 36.6 Å². The summed E-state index contributed by atoms with van der Waals surface area (Å²) in [5.41, 5.74) is 0.936. The van der Waals surface area contributed by atoms with Crippen molar-refractivity contribution in [1.82, 2.24) is 10.3 Å². The molecule has 1 aliphatic heterocycles. The zero-order valence-electron chi connectivity index (χ0n) is 13.0. The van der Waals surface area contributed by atoms with Crippen LogP contribution in [0.15, 0.2) is 18.2 Å². The molecule has 0 bridgehead atoms. The molecule has 2 heterocycles. The van der Waals surface area contributed by atoms with E-state index in [4.69, 9.17) is 9.72 Å². The summed E-state index contributed by atoms with van der Waals surface area (Å²) in [5.74, 6) is 0.882. The Morgan fingerprint density at radius 3 is 3.18 bits per heavy atom. The van der Waals surface area contributed by atoms with E-state index in [1.54, 1.807) is 18.3 Å². The van der Waals surface area contributed by atoms with E-state index in [0.29, 0.717) is 6.61 Å². The quantitative estimate of drug-likeness (QED) is 0.941. The van der Waals surface area contributed by atoms with Gasteiger partial charge in [-0.1, -0.05) is 17.4 Å². The largest absolute Gasteiger partial charge is 0.492 e. The van der Waals surface area contributed by atoms with Crippen LogP contribution in [0, 0.1) is 0 Å². The van der Waals surface area contributed by atoms with Crippen molar-refractivity contribution in [3.8, 4) is 5.75 Å². The number of rotatable bonds is 4. The lowest BCUT2D eigenvalue weighted by Crippen LogP contribution is -2.47. The maximum Gasteiger partial charge on any atom is 0.217 e. The molecule has 1 aromatic heterocycles. The normalized spacial score (nSPS) is 18.5. The molecular formula is C16H21N3O2S. The maximum atomic E-state index is 11.3. The van der Waals surface area contributed by atoms with Gasteiger partial charge in [-0.3, -0.25) is 4.79 Å². The van der Waals surface area contributed by atoms with E-state index in [9.17, 15) is 4.79 Å². The van der Waals surface area contributed by atoms with E-state index in [1.807, 2.05) is 19.1 Å². The molecule has 1 unspecified atom stereocenters. The van der Waals surface area contributed by atoms with Gasteiger partial charge < -0.3 is 15.0 Å². The van der Waals surface area contributed by atoms with Gasteiger partial charge in [0.25, 0.3) is 0 Å². The summed E-state index contributed by atoms with van der Waals surface area (Å²) < 4.78 is 6.80. The van der Waals surface area contributed by atoms with Gasteiger partial charge in [-0.2, -0.15) is 0 Å². The zero-order chi connectivity index (χ0) is 15.5. The molecule has 1 fully saturated rings. The molecule has 0 spiro atoms. The summed E-state index contributed by atoms with van der Waals surface area (Å²) in [6, 6.07) is 6.26. The van der Waals surface area contributed by atoms with E-state index in [0.717, 1.165) is 47.0 Å². The summed E-state index contributed by atoms with van der Waals surface area (Å²) in [6.07, 6.45) is 2.10. The van der Waals surface area contributed by atoms with Gasteiger partial charge in [0.2, 0.25) is 5.91 Å². The Labute approximate surface area is 134 Å². The van der Waals surface area contributed by atoms with Crippen molar-refractivity contribution in [2.75, 3.05) is 24.6 Å². The standard InChI is InChI=1S/C16H21N3O2S/c1-3-21-13-7-4-8-14-15(13)18-16(22-14)19-9-5-6-12(10-19)17-11(2)20/h4,7-8,12H,3,5-6,9-10H2,1-2H3,(H,17,20). The number of carbonyl (C=O) groups is 1. The molecule has 1 N–H and O–H groups in total. The summed E-state index contributed by atoms with van der Waals surface area (Å²) in [7, 11) is 0. The number of para-hydroxylation sites is 1. The number of nitrogens with one attached hydrogen (secondary N) is 1. The van der Waals surface area contributed by atoms with Gasteiger partial charge in [0.1, 0.15) is 11.3 Å². The molecule has 1 aliphatic rings. The summed E-state index contributed by atoms with van der Waals surface area (Å²) in [6.45, 7) is 6.00. The van der Waals surface area contributed by atoms with Crippen LogP contribution in [0.2, 0.25) is 0 Å². The molecular weight excluding hydrogens is 298 g/mol. The molecule has 0 aliphatic carbocycles. The molecule has 3 rings (SSSR count). The van der Waals surface area contributed by atoms with Crippen LogP contribution in [0.25, 0.3) is 10.2 Å². The van der Waals surface area contributed by atoms with Crippen LogP contribution in [0.3, 0.4) is 0 Å². The Morgan fingerprint density at radius 1 is 1.55 bits per heavy atom. The summed E-state index contributed by atoms with van der Waals surface area (Å²) in [5, 5.41) is 4.03. The highest BCUT2D eigenvalue weighted by Crippen LogP contribution is 2.35. The predicted octanol–water partition coefficient (Wildman–Crippen LogP) is 2.80. The van der Waals surface area contributed by atoms with Gasteiger partial charge in [0.15, 0.2) is 5.13 Å². The Balaban J connectivity index is 1.83. The summed E-state index contributed by atoms with van der Waals surface area (Å²) >= 11 is 1.69. The number of hydrogen-bond acceptors (Lipinski definition) is 5. The highest BCUT2D eigenvalue weighted by atomic mass is 32.1. The lowest BCUT2D eigenvalue weighted by atomic mass is 10.1. The maximum absolute atomic E-state index is 11.3. The number of carbonyl (C=O) groups excluding carboxylic acids is 1. The second kappa shape index (κ2) is 6.52.